The van der Waals surface area contributed by atoms with E-state index < -0.39 is 17.2 Å². The molecule has 1 aliphatic heterocycles. The minimum atomic E-state index is -1.31. The molecule has 3 N–H and O–H groups in total. The molecule has 1 aliphatic carbocycles. The smallest absolute Gasteiger partial charge is 0.341 e. The van der Waals surface area contributed by atoms with E-state index >= 15 is 0 Å². The molecule has 2 aromatic heterocycles. The Kier molecular flexibility index (Phi) is 3.54. The maximum atomic E-state index is 14.9. The second-order valence-electron chi connectivity index (χ2n) is 6.88. The fourth-order valence-corrected chi connectivity index (χ4v) is 3.48. The summed E-state index contributed by atoms with van der Waals surface area (Å²) in [5.74, 6) is -1.70. The Bertz CT molecular complexity index is 951. The van der Waals surface area contributed by atoms with Crippen molar-refractivity contribution in [3.05, 3.63) is 33.4 Å². The third kappa shape index (κ3) is 2.48. The zero-order valence-electron chi connectivity index (χ0n) is 13.8. The number of rotatable bonds is 3. The molecular weight excluding hydrogens is 327 g/mol. The Balaban J connectivity index is 2.02. The zero-order valence-corrected chi connectivity index (χ0v) is 13.8. The molecule has 3 heterocycles. The van der Waals surface area contributed by atoms with E-state index in [4.69, 9.17) is 5.73 Å². The maximum Gasteiger partial charge on any atom is 0.341 e. The number of carboxylic acids is 1. The molecule has 25 heavy (non-hydrogen) atoms. The number of nitrogens with two attached hydrogens (primary N) is 1. The van der Waals surface area contributed by atoms with Gasteiger partial charge >= 0.3 is 5.97 Å². The Labute approximate surface area is 142 Å². The number of anilines is 1. The highest BCUT2D eigenvalue weighted by molar-refractivity contribution is 5.93. The fourth-order valence-electron chi connectivity index (χ4n) is 3.48. The minimum Gasteiger partial charge on any atom is -0.477 e. The summed E-state index contributed by atoms with van der Waals surface area (Å²) < 4.78 is 16.6. The number of pyridine rings is 2. The number of hydrogen-bond acceptors (Lipinski definition) is 5. The monoisotopic (exact) mass is 346 g/mol. The largest absolute Gasteiger partial charge is 0.477 e. The molecule has 1 saturated carbocycles. The van der Waals surface area contributed by atoms with Gasteiger partial charge < -0.3 is 20.3 Å². The quantitative estimate of drug-likeness (QED) is 0.871. The molecule has 2 fully saturated rings. The van der Waals surface area contributed by atoms with Crippen molar-refractivity contribution < 1.29 is 14.3 Å². The Morgan fingerprint density at radius 1 is 1.40 bits per heavy atom. The van der Waals surface area contributed by atoms with Gasteiger partial charge in [0.25, 0.3) is 0 Å². The van der Waals surface area contributed by atoms with Crippen LogP contribution >= 0.6 is 0 Å². The summed E-state index contributed by atoms with van der Waals surface area (Å²) in [7, 11) is 0. The molecule has 0 unspecified atom stereocenters. The standard InChI is InChI=1S/C17H19FN4O3/c1-8-12-14(23)11(17(24)25)7-22(10-2-3-10)15(12)20-16(13(8)18)21-5-4-9(19)6-21/h7,9-10H,2-6,19H2,1H3,(H,24,25)/t9-/m0/s1. The summed E-state index contributed by atoms with van der Waals surface area (Å²) in [6.45, 7) is 2.62. The van der Waals surface area contributed by atoms with Gasteiger partial charge in [-0.15, -0.1) is 0 Å². The van der Waals surface area contributed by atoms with E-state index in [1.165, 1.54) is 13.1 Å². The van der Waals surface area contributed by atoms with Gasteiger partial charge in [0, 0.05) is 36.9 Å². The van der Waals surface area contributed by atoms with Gasteiger partial charge in [0.05, 0.1) is 5.39 Å². The van der Waals surface area contributed by atoms with E-state index in [1.807, 2.05) is 0 Å². The summed E-state index contributed by atoms with van der Waals surface area (Å²) in [5, 5.41) is 9.37. The van der Waals surface area contributed by atoms with Crippen LogP contribution in [0.5, 0.6) is 0 Å². The molecule has 1 saturated heterocycles. The van der Waals surface area contributed by atoms with E-state index in [1.54, 1.807) is 9.47 Å². The molecule has 7 nitrogen and oxygen atoms in total. The van der Waals surface area contributed by atoms with Gasteiger partial charge in [-0.1, -0.05) is 0 Å². The summed E-state index contributed by atoms with van der Waals surface area (Å²) in [5.41, 5.74) is 5.38. The van der Waals surface area contributed by atoms with Crippen molar-refractivity contribution in [2.45, 2.75) is 38.3 Å². The number of hydrogen-bond donors (Lipinski definition) is 2. The lowest BCUT2D eigenvalue weighted by Gasteiger charge is -2.21. The van der Waals surface area contributed by atoms with Gasteiger partial charge in [0.2, 0.25) is 5.43 Å². The minimum absolute atomic E-state index is 0.0304. The van der Waals surface area contributed by atoms with Crippen molar-refractivity contribution >= 4 is 22.8 Å². The van der Waals surface area contributed by atoms with Crippen LogP contribution in [0.2, 0.25) is 0 Å². The van der Waals surface area contributed by atoms with Gasteiger partial charge in [-0.25, -0.2) is 14.2 Å². The number of nitrogens with zero attached hydrogens (tertiary/aromatic N) is 3. The Morgan fingerprint density at radius 2 is 2.12 bits per heavy atom. The van der Waals surface area contributed by atoms with Crippen molar-refractivity contribution in [1.29, 1.82) is 0 Å². The lowest BCUT2D eigenvalue weighted by molar-refractivity contribution is 0.0695. The second-order valence-corrected chi connectivity index (χ2v) is 6.88. The van der Waals surface area contributed by atoms with E-state index in [9.17, 15) is 19.1 Å². The topological polar surface area (TPSA) is 101 Å². The van der Waals surface area contributed by atoms with Crippen LogP contribution in [0.1, 0.15) is 41.2 Å². The number of carbonyl (C=O) groups is 1. The van der Waals surface area contributed by atoms with Crippen molar-refractivity contribution in [1.82, 2.24) is 9.55 Å². The molecular formula is C17H19FN4O3. The normalized spacial score (nSPS) is 20.4. The lowest BCUT2D eigenvalue weighted by atomic mass is 10.1. The zero-order chi connectivity index (χ0) is 17.9. The average molecular weight is 346 g/mol. The molecule has 8 heteroatoms. The molecule has 4 rings (SSSR count). The van der Waals surface area contributed by atoms with E-state index in [0.717, 1.165) is 19.3 Å². The first-order valence-electron chi connectivity index (χ1n) is 8.37. The van der Waals surface area contributed by atoms with E-state index in [-0.39, 0.29) is 34.4 Å². The van der Waals surface area contributed by atoms with Crippen molar-refractivity contribution in [3.8, 4) is 0 Å². The summed E-state index contributed by atoms with van der Waals surface area (Å²) >= 11 is 0. The van der Waals surface area contributed by atoms with Crippen LogP contribution in [-0.2, 0) is 0 Å². The first-order valence-corrected chi connectivity index (χ1v) is 8.37. The molecule has 2 aromatic rings. The Morgan fingerprint density at radius 3 is 2.68 bits per heavy atom. The highest BCUT2D eigenvalue weighted by Crippen LogP contribution is 2.38. The predicted octanol–water partition coefficient (Wildman–Crippen LogP) is 1.41. The third-order valence-electron chi connectivity index (χ3n) is 5.02. The summed E-state index contributed by atoms with van der Waals surface area (Å²) in [6.07, 6.45) is 3.87. The van der Waals surface area contributed by atoms with Gasteiger partial charge in [-0.3, -0.25) is 4.79 Å². The van der Waals surface area contributed by atoms with Gasteiger partial charge in [-0.05, 0) is 26.2 Å². The van der Waals surface area contributed by atoms with Crippen LogP contribution in [0.4, 0.5) is 10.2 Å². The first kappa shape index (κ1) is 16.0. The van der Waals surface area contributed by atoms with Crippen molar-refractivity contribution in [2.24, 2.45) is 5.73 Å². The molecule has 0 amide bonds. The maximum absolute atomic E-state index is 14.9. The number of halogens is 1. The first-order chi connectivity index (χ1) is 11.9. The lowest BCUT2D eigenvalue weighted by Crippen LogP contribution is -2.28. The molecule has 2 aliphatic rings. The fraction of sp³-hybridized carbons (Fsp3) is 0.471. The van der Waals surface area contributed by atoms with Gasteiger partial charge in [0.15, 0.2) is 11.6 Å². The van der Waals surface area contributed by atoms with Gasteiger partial charge in [0.1, 0.15) is 11.2 Å². The molecule has 0 bridgehead atoms. The molecule has 1 atom stereocenters. The van der Waals surface area contributed by atoms with Crippen LogP contribution in [0, 0.1) is 12.7 Å². The third-order valence-corrected chi connectivity index (χ3v) is 5.02. The van der Waals surface area contributed by atoms with Crippen LogP contribution in [0.15, 0.2) is 11.0 Å². The van der Waals surface area contributed by atoms with Crippen molar-refractivity contribution in [3.63, 3.8) is 0 Å². The predicted molar refractivity (Wildman–Crippen MR) is 90.7 cm³/mol. The van der Waals surface area contributed by atoms with Crippen LogP contribution in [0.3, 0.4) is 0 Å². The SMILES string of the molecule is Cc1c(F)c(N2CC[C@H](N)C2)nc2c1c(=O)c(C(=O)O)cn2C1CC1. The number of aromatic carboxylic acids is 1. The second kappa shape index (κ2) is 5.52. The molecule has 0 radical (unpaired) electrons. The summed E-state index contributed by atoms with van der Waals surface area (Å²) in [4.78, 5) is 30.2. The van der Waals surface area contributed by atoms with Crippen LogP contribution in [-0.4, -0.2) is 39.8 Å². The molecule has 0 spiro atoms. The highest BCUT2D eigenvalue weighted by atomic mass is 19.1. The number of aryl methyl sites for hydroxylation is 1. The van der Waals surface area contributed by atoms with Gasteiger partial charge in [-0.2, -0.15) is 0 Å². The molecule has 0 aromatic carbocycles. The number of carboxylic acid groups (broad SMARTS) is 1. The van der Waals surface area contributed by atoms with E-state index in [0.29, 0.717) is 18.7 Å². The Hall–Kier alpha value is -2.48. The van der Waals surface area contributed by atoms with E-state index in [2.05, 4.69) is 4.98 Å². The highest BCUT2D eigenvalue weighted by Gasteiger charge is 2.31. The van der Waals surface area contributed by atoms with Crippen LogP contribution < -0.4 is 16.1 Å². The number of aromatic nitrogens is 2. The number of fused-ring (bicyclic) bond motifs is 1. The van der Waals surface area contributed by atoms with Crippen LogP contribution in [0.25, 0.3) is 11.0 Å². The average Bonchev–Trinajstić information content (AvgIpc) is 3.31. The van der Waals surface area contributed by atoms with Crippen molar-refractivity contribution in [2.75, 3.05) is 18.0 Å². The summed E-state index contributed by atoms with van der Waals surface area (Å²) in [6, 6.07) is 0.0736. The molecule has 132 valence electrons.